The monoisotopic (exact) mass is 556 g/mol. The number of rotatable bonds is 10. The number of para-hydroxylation sites is 1. The summed E-state index contributed by atoms with van der Waals surface area (Å²) in [6, 6.07) is 18.3. The van der Waals surface area contributed by atoms with Crippen LogP contribution in [0.1, 0.15) is 11.1 Å². The van der Waals surface area contributed by atoms with Crippen molar-refractivity contribution in [3.8, 4) is 0 Å². The Labute approximate surface area is 219 Å². The minimum Gasteiger partial charge on any atom is -0.354 e. The second-order valence-electron chi connectivity index (χ2n) is 7.41. The predicted molar refractivity (Wildman–Crippen MR) is 143 cm³/mol. The number of amides is 1. The van der Waals surface area contributed by atoms with Gasteiger partial charge in [-0.15, -0.1) is 0 Å². The number of hydrogen-bond acceptors (Lipinski definition) is 4. The molecule has 1 amide bonds. The van der Waals surface area contributed by atoms with Crippen molar-refractivity contribution >= 4 is 68.2 Å². The highest BCUT2D eigenvalue weighted by atomic mass is 35.5. The first-order valence-corrected chi connectivity index (χ1v) is 14.0. The average molecular weight is 558 g/mol. The Morgan fingerprint density at radius 1 is 0.971 bits per heavy atom. The lowest BCUT2D eigenvalue weighted by molar-refractivity contribution is -0.119. The molecule has 0 spiro atoms. The number of nitrogens with zero attached hydrogens (tertiary/aromatic N) is 1. The van der Waals surface area contributed by atoms with Crippen molar-refractivity contribution in [1.82, 2.24) is 5.32 Å². The Bertz CT molecular complexity index is 1250. The van der Waals surface area contributed by atoms with Gasteiger partial charge in [0, 0.05) is 28.1 Å². The molecule has 3 rings (SSSR count). The lowest BCUT2D eigenvalue weighted by Gasteiger charge is -2.25. The summed E-state index contributed by atoms with van der Waals surface area (Å²) in [6.45, 7) is 1.85. The number of sulfonamides is 1. The van der Waals surface area contributed by atoms with E-state index in [2.05, 4.69) is 5.32 Å². The van der Waals surface area contributed by atoms with Gasteiger partial charge in [-0.25, -0.2) is 8.42 Å². The molecule has 0 saturated heterocycles. The highest BCUT2D eigenvalue weighted by Gasteiger charge is 2.28. The van der Waals surface area contributed by atoms with E-state index in [0.717, 1.165) is 15.4 Å². The third kappa shape index (κ3) is 7.06. The van der Waals surface area contributed by atoms with E-state index >= 15 is 0 Å². The Balaban J connectivity index is 1.65. The number of anilines is 1. The molecule has 0 heterocycles. The fourth-order valence-corrected chi connectivity index (χ4v) is 6.21. The smallest absolute Gasteiger partial charge is 0.264 e. The first kappa shape index (κ1) is 26.7. The molecule has 0 aliphatic heterocycles. The summed E-state index contributed by atoms with van der Waals surface area (Å²) in [4.78, 5) is 12.8. The van der Waals surface area contributed by atoms with Gasteiger partial charge < -0.3 is 5.32 Å². The Morgan fingerprint density at radius 2 is 1.68 bits per heavy atom. The van der Waals surface area contributed by atoms with E-state index in [4.69, 9.17) is 34.8 Å². The molecule has 0 fully saturated rings. The van der Waals surface area contributed by atoms with Crippen LogP contribution in [0.15, 0.2) is 71.6 Å². The summed E-state index contributed by atoms with van der Waals surface area (Å²) >= 11 is 20.0. The molecule has 10 heteroatoms. The molecule has 5 nitrogen and oxygen atoms in total. The number of aryl methyl sites for hydroxylation is 1. The maximum Gasteiger partial charge on any atom is 0.264 e. The van der Waals surface area contributed by atoms with Crippen molar-refractivity contribution in [3.05, 3.63) is 92.9 Å². The fourth-order valence-electron chi connectivity index (χ4n) is 3.06. The summed E-state index contributed by atoms with van der Waals surface area (Å²) < 4.78 is 27.8. The molecule has 0 aromatic heterocycles. The number of halogens is 3. The fraction of sp³-hybridized carbons (Fsp3) is 0.208. The van der Waals surface area contributed by atoms with Crippen LogP contribution in [0.4, 0.5) is 5.69 Å². The van der Waals surface area contributed by atoms with E-state index in [1.54, 1.807) is 60.3 Å². The largest absolute Gasteiger partial charge is 0.354 e. The van der Waals surface area contributed by atoms with E-state index in [0.29, 0.717) is 28.1 Å². The summed E-state index contributed by atoms with van der Waals surface area (Å²) in [5.41, 5.74) is 2.13. The van der Waals surface area contributed by atoms with Gasteiger partial charge in [-0.05, 0) is 48.9 Å². The van der Waals surface area contributed by atoms with Crippen molar-refractivity contribution in [1.29, 1.82) is 0 Å². The number of thioether (sulfide) groups is 1. The van der Waals surface area contributed by atoms with Crippen LogP contribution in [0, 0.1) is 6.92 Å². The van der Waals surface area contributed by atoms with Crippen LogP contribution >= 0.6 is 46.6 Å². The predicted octanol–water partition coefficient (Wildman–Crippen LogP) is 6.20. The molecular formula is C24H23Cl3N2O3S2. The number of carbonyl (C=O) groups is 1. The van der Waals surface area contributed by atoms with Crippen LogP contribution in [0.3, 0.4) is 0 Å². The normalized spacial score (nSPS) is 11.3. The molecule has 1 N–H and O–H groups in total. The molecule has 0 aliphatic carbocycles. The first-order valence-electron chi connectivity index (χ1n) is 10.3. The van der Waals surface area contributed by atoms with E-state index in [1.807, 2.05) is 13.0 Å². The number of benzene rings is 3. The van der Waals surface area contributed by atoms with Crippen molar-refractivity contribution in [3.63, 3.8) is 0 Å². The molecule has 0 atom stereocenters. The van der Waals surface area contributed by atoms with Crippen LogP contribution in [-0.4, -0.2) is 33.2 Å². The molecule has 3 aromatic rings. The van der Waals surface area contributed by atoms with Crippen LogP contribution in [0.5, 0.6) is 0 Å². The third-order valence-electron chi connectivity index (χ3n) is 4.86. The van der Waals surface area contributed by atoms with Gasteiger partial charge in [-0.2, -0.15) is 11.8 Å². The molecule has 34 heavy (non-hydrogen) atoms. The van der Waals surface area contributed by atoms with Gasteiger partial charge >= 0.3 is 0 Å². The lowest BCUT2D eigenvalue weighted by atomic mass is 10.2. The topological polar surface area (TPSA) is 66.5 Å². The van der Waals surface area contributed by atoms with Gasteiger partial charge in [-0.1, -0.05) is 70.7 Å². The molecular weight excluding hydrogens is 535 g/mol. The van der Waals surface area contributed by atoms with Crippen LogP contribution < -0.4 is 9.62 Å². The molecule has 0 unspecified atom stereocenters. The maximum atomic E-state index is 13.4. The lowest BCUT2D eigenvalue weighted by Crippen LogP contribution is -2.41. The summed E-state index contributed by atoms with van der Waals surface area (Å²) in [5.74, 6) is 0.863. The quantitative estimate of drug-likeness (QED) is 0.301. The minimum absolute atomic E-state index is 0.0845. The Kier molecular flexibility index (Phi) is 9.56. The SMILES string of the molecule is Cc1ccc(S(=O)(=O)N(CC(=O)NCCSCc2ccc(Cl)cc2Cl)c2ccccc2Cl)cc1. The van der Waals surface area contributed by atoms with Crippen LogP contribution in [0.2, 0.25) is 15.1 Å². The zero-order valence-corrected chi connectivity index (χ0v) is 22.2. The maximum absolute atomic E-state index is 13.4. The molecule has 180 valence electrons. The minimum atomic E-state index is -4.01. The van der Waals surface area contributed by atoms with E-state index in [-0.39, 0.29) is 15.6 Å². The Hall–Kier alpha value is -1.90. The summed E-state index contributed by atoms with van der Waals surface area (Å²) in [6.07, 6.45) is 0. The zero-order valence-electron chi connectivity index (χ0n) is 18.3. The van der Waals surface area contributed by atoms with Gasteiger partial charge in [0.15, 0.2) is 0 Å². The molecule has 0 radical (unpaired) electrons. The van der Waals surface area contributed by atoms with E-state index < -0.39 is 22.5 Å². The van der Waals surface area contributed by atoms with E-state index in [9.17, 15) is 13.2 Å². The standard InChI is InChI=1S/C24H23Cl3N2O3S2/c1-17-6-10-20(11-7-17)34(31,32)29(23-5-3-2-4-21(23)26)15-24(30)28-12-13-33-16-18-8-9-19(25)14-22(18)27/h2-11,14H,12-13,15-16H2,1H3,(H,28,30). The molecule has 0 saturated carbocycles. The second-order valence-corrected chi connectivity index (χ2v) is 11.6. The van der Waals surface area contributed by atoms with Crippen LogP contribution in [-0.2, 0) is 20.6 Å². The van der Waals surface area contributed by atoms with Crippen molar-refractivity contribution in [2.24, 2.45) is 0 Å². The number of hydrogen-bond donors (Lipinski definition) is 1. The highest BCUT2D eigenvalue weighted by Crippen LogP contribution is 2.30. The molecule has 0 bridgehead atoms. The van der Waals surface area contributed by atoms with Crippen molar-refractivity contribution < 1.29 is 13.2 Å². The highest BCUT2D eigenvalue weighted by molar-refractivity contribution is 7.98. The summed E-state index contributed by atoms with van der Waals surface area (Å²) in [7, 11) is -4.01. The Morgan fingerprint density at radius 3 is 2.35 bits per heavy atom. The first-order chi connectivity index (χ1) is 16.2. The van der Waals surface area contributed by atoms with Gasteiger partial charge in [0.2, 0.25) is 5.91 Å². The third-order valence-corrected chi connectivity index (χ3v) is 8.55. The van der Waals surface area contributed by atoms with E-state index in [1.165, 1.54) is 12.1 Å². The second kappa shape index (κ2) is 12.2. The van der Waals surface area contributed by atoms with Crippen LogP contribution in [0.25, 0.3) is 0 Å². The van der Waals surface area contributed by atoms with Crippen molar-refractivity contribution in [2.45, 2.75) is 17.6 Å². The number of carbonyl (C=O) groups excluding carboxylic acids is 1. The zero-order chi connectivity index (χ0) is 24.7. The van der Waals surface area contributed by atoms with Gasteiger partial charge in [0.1, 0.15) is 6.54 Å². The molecule has 0 aliphatic rings. The van der Waals surface area contributed by atoms with Gasteiger partial charge in [0.05, 0.1) is 15.6 Å². The average Bonchev–Trinajstić information content (AvgIpc) is 2.79. The molecule has 3 aromatic carbocycles. The van der Waals surface area contributed by atoms with Gasteiger partial charge in [0.25, 0.3) is 10.0 Å². The number of nitrogens with one attached hydrogen (secondary N) is 1. The summed E-state index contributed by atoms with van der Waals surface area (Å²) in [5, 5.41) is 4.20. The van der Waals surface area contributed by atoms with Gasteiger partial charge in [-0.3, -0.25) is 9.10 Å². The van der Waals surface area contributed by atoms with Crippen molar-refractivity contribution in [2.75, 3.05) is 23.1 Å².